The summed E-state index contributed by atoms with van der Waals surface area (Å²) in [6.07, 6.45) is -5.10. The van der Waals surface area contributed by atoms with Crippen LogP contribution < -0.4 is 4.74 Å². The summed E-state index contributed by atoms with van der Waals surface area (Å²) in [5.74, 6) is -2.89. The second kappa shape index (κ2) is 10.3. The van der Waals surface area contributed by atoms with E-state index >= 15 is 4.39 Å². The van der Waals surface area contributed by atoms with Crippen LogP contribution in [0.1, 0.15) is 36.3 Å². The van der Waals surface area contributed by atoms with E-state index in [2.05, 4.69) is 14.9 Å². The summed E-state index contributed by atoms with van der Waals surface area (Å²) < 4.78 is 70.2. The lowest BCUT2D eigenvalue weighted by molar-refractivity contribution is -0.125. The van der Waals surface area contributed by atoms with E-state index in [9.17, 15) is 13.2 Å². The molecule has 0 spiro atoms. The lowest BCUT2D eigenvalue weighted by Crippen LogP contribution is -2.15. The number of hydrogen-bond donors (Lipinski definition) is 0. The van der Waals surface area contributed by atoms with Crippen LogP contribution in [0.3, 0.4) is 0 Å². The van der Waals surface area contributed by atoms with Gasteiger partial charge in [-0.3, -0.25) is 0 Å². The molecule has 0 saturated heterocycles. The van der Waals surface area contributed by atoms with Gasteiger partial charge in [0.15, 0.2) is 11.6 Å². The van der Waals surface area contributed by atoms with Gasteiger partial charge in [0.05, 0.1) is 35.8 Å². The molecular formula is C22H15Cl2F4N3O3. The predicted molar refractivity (Wildman–Crippen MR) is 115 cm³/mol. The zero-order valence-corrected chi connectivity index (χ0v) is 19.1. The van der Waals surface area contributed by atoms with Crippen molar-refractivity contribution >= 4 is 28.8 Å². The molecule has 2 aromatic carbocycles. The Kier molecular flexibility index (Phi) is 7.69. The number of allylic oxidation sites excluding steroid dienone is 2. The molecule has 12 heteroatoms. The molecule has 0 atom stereocenters. The highest BCUT2D eigenvalue weighted by molar-refractivity contribution is 6.32. The normalized spacial score (nSPS) is 12.2. The van der Waals surface area contributed by atoms with Gasteiger partial charge in [0.25, 0.3) is 0 Å². The Hall–Kier alpha value is -3.29. The summed E-state index contributed by atoms with van der Waals surface area (Å²) in [6.45, 7) is 1.47. The van der Waals surface area contributed by atoms with Crippen LogP contribution >= 0.6 is 23.2 Å². The largest absolute Gasteiger partial charge is 0.492 e. The number of alkyl halides is 3. The van der Waals surface area contributed by atoms with Gasteiger partial charge in [-0.05, 0) is 30.7 Å². The zero-order valence-electron chi connectivity index (χ0n) is 17.6. The molecule has 0 amide bonds. The molecule has 0 aliphatic heterocycles. The molecule has 0 unspecified atom stereocenters. The number of rotatable bonds is 7. The van der Waals surface area contributed by atoms with E-state index in [4.69, 9.17) is 37.6 Å². The van der Waals surface area contributed by atoms with Crippen molar-refractivity contribution in [2.45, 2.75) is 25.9 Å². The van der Waals surface area contributed by atoms with E-state index in [1.807, 2.05) is 6.07 Å². The van der Waals surface area contributed by atoms with E-state index in [1.54, 1.807) is 0 Å². The number of benzene rings is 2. The average Bonchev–Trinajstić information content (AvgIpc) is 3.23. The van der Waals surface area contributed by atoms with Crippen molar-refractivity contribution in [3.8, 4) is 17.6 Å². The molecule has 3 aromatic rings. The van der Waals surface area contributed by atoms with E-state index in [-0.39, 0.29) is 62.9 Å². The highest BCUT2D eigenvalue weighted by Crippen LogP contribution is 2.37. The van der Waals surface area contributed by atoms with E-state index in [0.717, 1.165) is 7.11 Å². The van der Waals surface area contributed by atoms with Gasteiger partial charge in [0, 0.05) is 10.6 Å². The summed E-state index contributed by atoms with van der Waals surface area (Å²) in [4.78, 5) is 0. The Morgan fingerprint density at radius 1 is 1.18 bits per heavy atom. The van der Waals surface area contributed by atoms with Crippen LogP contribution in [0.5, 0.6) is 11.5 Å². The molecule has 0 fully saturated rings. The minimum absolute atomic E-state index is 0.0296. The maximum Gasteiger partial charge on any atom is 0.449 e. The fraction of sp³-hybridized carbons (Fsp3) is 0.227. The molecule has 0 bridgehead atoms. The first kappa shape index (κ1) is 25.3. The molecule has 0 N–H and O–H groups in total. The molecule has 0 aliphatic carbocycles. The van der Waals surface area contributed by atoms with Crippen molar-refractivity contribution in [2.24, 2.45) is 0 Å². The van der Waals surface area contributed by atoms with Gasteiger partial charge in [0.1, 0.15) is 5.75 Å². The smallest absolute Gasteiger partial charge is 0.449 e. The second-order valence-corrected chi connectivity index (χ2v) is 7.62. The first-order valence-corrected chi connectivity index (χ1v) is 10.4. The van der Waals surface area contributed by atoms with E-state index in [1.165, 1.54) is 37.3 Å². The van der Waals surface area contributed by atoms with Crippen LogP contribution in [0.25, 0.3) is 5.57 Å². The molecule has 178 valence electrons. The standard InChI is InChI=1S/C22H15Cl2F4N3O3/c1-3-15(20(32-2)22(26,27)28)21-31-30-17(34-21)8-12-4-5-16(24)19(18(12)25)33-14-7-11(10-29)6-13(23)9-14/h4-7,9H,3,8H2,1-2H3/b20-15+. The summed E-state index contributed by atoms with van der Waals surface area (Å²) in [7, 11) is 0.889. The Morgan fingerprint density at radius 2 is 1.91 bits per heavy atom. The summed E-state index contributed by atoms with van der Waals surface area (Å²) in [6, 6.07) is 8.75. The minimum atomic E-state index is -4.75. The Morgan fingerprint density at radius 3 is 2.53 bits per heavy atom. The lowest BCUT2D eigenvalue weighted by atomic mass is 10.1. The molecular weight excluding hydrogens is 501 g/mol. The predicted octanol–water partition coefficient (Wildman–Crippen LogP) is 7.10. The number of methoxy groups -OCH3 is 1. The van der Waals surface area contributed by atoms with Gasteiger partial charge < -0.3 is 13.9 Å². The molecule has 0 saturated carbocycles. The Bertz CT molecular complexity index is 1280. The van der Waals surface area contributed by atoms with E-state index in [0.29, 0.717) is 0 Å². The molecule has 1 aromatic heterocycles. The maximum absolute atomic E-state index is 15.2. The number of aromatic nitrogens is 2. The van der Waals surface area contributed by atoms with Crippen LogP contribution in [-0.2, 0) is 11.2 Å². The highest BCUT2D eigenvalue weighted by Gasteiger charge is 2.39. The highest BCUT2D eigenvalue weighted by atomic mass is 35.5. The van der Waals surface area contributed by atoms with Crippen molar-refractivity contribution in [3.63, 3.8) is 0 Å². The quantitative estimate of drug-likeness (QED) is 0.246. The monoisotopic (exact) mass is 515 g/mol. The fourth-order valence-electron chi connectivity index (χ4n) is 3.04. The average molecular weight is 516 g/mol. The van der Waals surface area contributed by atoms with Crippen molar-refractivity contribution in [1.29, 1.82) is 5.26 Å². The third kappa shape index (κ3) is 5.61. The lowest BCUT2D eigenvalue weighted by Gasteiger charge is -2.13. The molecule has 1 heterocycles. The Labute approximate surface area is 201 Å². The number of nitriles is 1. The molecule has 0 radical (unpaired) electrons. The zero-order chi connectivity index (χ0) is 25.0. The summed E-state index contributed by atoms with van der Waals surface area (Å²) in [5.41, 5.74) is -0.104. The van der Waals surface area contributed by atoms with Gasteiger partial charge in [0.2, 0.25) is 17.5 Å². The first-order valence-electron chi connectivity index (χ1n) is 9.59. The Balaban J connectivity index is 1.93. The first-order chi connectivity index (χ1) is 16.1. The fourth-order valence-corrected chi connectivity index (χ4v) is 3.45. The van der Waals surface area contributed by atoms with Crippen LogP contribution in [0, 0.1) is 17.1 Å². The number of nitrogens with zero attached hydrogens (tertiary/aromatic N) is 3. The minimum Gasteiger partial charge on any atom is -0.492 e. The van der Waals surface area contributed by atoms with Gasteiger partial charge in [-0.1, -0.05) is 36.2 Å². The van der Waals surface area contributed by atoms with Gasteiger partial charge in [-0.25, -0.2) is 4.39 Å². The maximum atomic E-state index is 15.2. The topological polar surface area (TPSA) is 81.2 Å². The number of hydrogen-bond acceptors (Lipinski definition) is 6. The summed E-state index contributed by atoms with van der Waals surface area (Å²) >= 11 is 12.0. The number of ether oxygens (including phenoxy) is 2. The van der Waals surface area contributed by atoms with Crippen LogP contribution in [0.4, 0.5) is 17.6 Å². The molecule has 0 aliphatic rings. The third-order valence-corrected chi connectivity index (χ3v) is 5.02. The van der Waals surface area contributed by atoms with Gasteiger partial charge >= 0.3 is 6.18 Å². The SMILES string of the molecule is CC/C(=C(\OC)C(F)(F)F)c1nnc(Cc2ccc(Cl)c(Oc3cc(Cl)cc(C#N)c3)c2F)o1. The van der Waals surface area contributed by atoms with Crippen molar-refractivity contribution in [3.05, 3.63) is 74.9 Å². The van der Waals surface area contributed by atoms with Crippen molar-refractivity contribution < 1.29 is 31.5 Å². The molecule has 3 rings (SSSR count). The molecule has 6 nitrogen and oxygen atoms in total. The number of halogens is 6. The third-order valence-electron chi connectivity index (χ3n) is 4.51. The van der Waals surface area contributed by atoms with Crippen LogP contribution in [0.2, 0.25) is 10.0 Å². The van der Waals surface area contributed by atoms with Crippen molar-refractivity contribution in [2.75, 3.05) is 7.11 Å². The van der Waals surface area contributed by atoms with Gasteiger partial charge in [-0.2, -0.15) is 18.4 Å². The van der Waals surface area contributed by atoms with Crippen LogP contribution in [0.15, 0.2) is 40.5 Å². The van der Waals surface area contributed by atoms with Crippen LogP contribution in [-0.4, -0.2) is 23.5 Å². The van der Waals surface area contributed by atoms with Crippen molar-refractivity contribution in [1.82, 2.24) is 10.2 Å². The summed E-state index contributed by atoms with van der Waals surface area (Å²) in [5, 5.41) is 16.6. The second-order valence-electron chi connectivity index (χ2n) is 6.78. The van der Waals surface area contributed by atoms with E-state index < -0.39 is 17.8 Å². The van der Waals surface area contributed by atoms with Gasteiger partial charge in [-0.15, -0.1) is 10.2 Å². The molecule has 34 heavy (non-hydrogen) atoms.